The fraction of sp³-hybridized carbons (Fsp3) is 0. The van der Waals surface area contributed by atoms with Crippen LogP contribution in [0.1, 0.15) is 0 Å². The van der Waals surface area contributed by atoms with Gasteiger partial charge in [0.1, 0.15) is 23.6 Å². The number of aromatic amines is 3. The number of fused-ring (bicyclic) bond motifs is 1. The van der Waals surface area contributed by atoms with Crippen molar-refractivity contribution < 1.29 is 10.2 Å². The van der Waals surface area contributed by atoms with Gasteiger partial charge in [-0.3, -0.25) is 0 Å². The average molecular weight is 477 g/mol. The molecule has 0 spiro atoms. The highest BCUT2D eigenvalue weighted by Gasteiger charge is 2.11. The molecule has 6 N–H and O–H groups in total. The molecule has 0 saturated heterocycles. The number of imidazole rings is 2. The zero-order valence-corrected chi connectivity index (χ0v) is 18.6. The largest absolute Gasteiger partial charge is 0.507 e. The molecular weight excluding hydrogens is 458 g/mol. The molecule has 6 aromatic rings. The van der Waals surface area contributed by atoms with Crippen LogP contribution in [0.25, 0.3) is 33.3 Å². The fourth-order valence-electron chi connectivity index (χ4n) is 3.86. The van der Waals surface area contributed by atoms with E-state index >= 15 is 0 Å². The zero-order valence-electron chi connectivity index (χ0n) is 18.6. The molecule has 4 heterocycles. The first-order chi connectivity index (χ1) is 17.7. The summed E-state index contributed by atoms with van der Waals surface area (Å²) in [5, 5.41) is 24.8. The summed E-state index contributed by atoms with van der Waals surface area (Å²) in [4.78, 5) is 31.4. The Morgan fingerprint density at radius 2 is 1.39 bits per heavy atom. The van der Waals surface area contributed by atoms with Crippen molar-refractivity contribution in [2.45, 2.75) is 0 Å². The first-order valence-corrected chi connectivity index (χ1v) is 11.0. The molecule has 0 amide bonds. The number of aromatic hydroxyl groups is 2. The molecule has 4 aromatic heterocycles. The van der Waals surface area contributed by atoms with Crippen LogP contribution in [-0.4, -0.2) is 45.1 Å². The van der Waals surface area contributed by atoms with Crippen LogP contribution >= 0.6 is 0 Å². The Morgan fingerprint density at radius 1 is 0.722 bits per heavy atom. The van der Waals surface area contributed by atoms with Gasteiger partial charge in [-0.2, -0.15) is 4.99 Å². The summed E-state index contributed by atoms with van der Waals surface area (Å²) in [5.74, 6) is 1.60. The average Bonchev–Trinajstić information content (AvgIpc) is 3.63. The normalized spacial score (nSPS) is 11.7. The van der Waals surface area contributed by atoms with E-state index < -0.39 is 0 Å². The summed E-state index contributed by atoms with van der Waals surface area (Å²) in [6, 6.07) is 14.0. The second-order valence-electron chi connectivity index (χ2n) is 7.87. The van der Waals surface area contributed by atoms with Crippen LogP contribution in [-0.2, 0) is 0 Å². The van der Waals surface area contributed by atoms with E-state index in [0.717, 1.165) is 5.39 Å². The molecule has 6 rings (SSSR count). The lowest BCUT2D eigenvalue weighted by Gasteiger charge is -2.02. The Labute approximate surface area is 203 Å². The van der Waals surface area contributed by atoms with Gasteiger partial charge in [0.25, 0.3) is 0 Å². The van der Waals surface area contributed by atoms with Gasteiger partial charge >= 0.3 is 0 Å². The monoisotopic (exact) mass is 477 g/mol. The molecule has 36 heavy (non-hydrogen) atoms. The van der Waals surface area contributed by atoms with Gasteiger partial charge in [0.15, 0.2) is 5.49 Å². The molecule has 11 nitrogen and oxygen atoms in total. The van der Waals surface area contributed by atoms with E-state index in [1.165, 1.54) is 6.33 Å². The molecule has 0 fully saturated rings. The van der Waals surface area contributed by atoms with E-state index in [4.69, 9.17) is 0 Å². The summed E-state index contributed by atoms with van der Waals surface area (Å²) >= 11 is 0. The Morgan fingerprint density at radius 3 is 2.14 bits per heavy atom. The molecule has 0 saturated carbocycles. The number of nitrogens with one attached hydrogen (secondary N) is 4. The Kier molecular flexibility index (Phi) is 5.11. The Balaban J connectivity index is 1.35. The number of nitrogens with zero attached hydrogens (tertiary/aromatic N) is 5. The summed E-state index contributed by atoms with van der Waals surface area (Å²) in [5.41, 5.74) is 2.96. The smallest absolute Gasteiger partial charge is 0.229 e. The SMILES string of the molecule is Oc1ccccc1-c1cnc(/N=c2\ncnc(Nc3ncc(-c4ccccc4O)[nH]3)c3c[nH]cc23)[nH]1. The van der Waals surface area contributed by atoms with Crippen molar-refractivity contribution in [3.05, 3.63) is 85.1 Å². The minimum Gasteiger partial charge on any atom is -0.507 e. The van der Waals surface area contributed by atoms with Crippen LogP contribution in [0, 0.1) is 0 Å². The maximum absolute atomic E-state index is 10.1. The number of hydrogen-bond donors (Lipinski definition) is 6. The van der Waals surface area contributed by atoms with Crippen LogP contribution in [0.2, 0.25) is 0 Å². The first-order valence-electron chi connectivity index (χ1n) is 11.0. The van der Waals surface area contributed by atoms with Crippen molar-refractivity contribution in [3.63, 3.8) is 0 Å². The van der Waals surface area contributed by atoms with Crippen molar-refractivity contribution in [1.29, 1.82) is 0 Å². The van der Waals surface area contributed by atoms with Gasteiger partial charge in [0.2, 0.25) is 11.9 Å². The molecule has 2 aromatic carbocycles. The number of para-hydroxylation sites is 2. The van der Waals surface area contributed by atoms with Crippen LogP contribution in [0.5, 0.6) is 11.5 Å². The first kappa shape index (κ1) is 21.1. The summed E-state index contributed by atoms with van der Waals surface area (Å²) in [6.07, 6.45) is 8.20. The number of phenolic OH excluding ortho intramolecular Hbond substituents is 2. The van der Waals surface area contributed by atoms with Crippen LogP contribution in [0.3, 0.4) is 0 Å². The van der Waals surface area contributed by atoms with Gasteiger partial charge in [-0.05, 0) is 24.3 Å². The lowest BCUT2D eigenvalue weighted by molar-refractivity contribution is 0.476. The third-order valence-corrected chi connectivity index (χ3v) is 5.58. The van der Waals surface area contributed by atoms with E-state index in [1.807, 2.05) is 12.1 Å². The van der Waals surface area contributed by atoms with E-state index in [0.29, 0.717) is 51.1 Å². The van der Waals surface area contributed by atoms with Crippen molar-refractivity contribution in [2.75, 3.05) is 5.32 Å². The predicted octanol–water partition coefficient (Wildman–Crippen LogP) is 4.13. The minimum atomic E-state index is 0.147. The lowest BCUT2D eigenvalue weighted by atomic mass is 10.1. The number of rotatable bonds is 5. The van der Waals surface area contributed by atoms with Crippen molar-refractivity contribution in [1.82, 2.24) is 34.9 Å². The van der Waals surface area contributed by atoms with Gasteiger partial charge in [-0.25, -0.2) is 19.9 Å². The van der Waals surface area contributed by atoms with Gasteiger partial charge in [-0.15, -0.1) is 0 Å². The number of benzene rings is 2. The molecular formula is C25H19N9O2. The van der Waals surface area contributed by atoms with Gasteiger partial charge in [0, 0.05) is 34.3 Å². The van der Waals surface area contributed by atoms with Gasteiger partial charge in [-0.1, -0.05) is 24.3 Å². The highest BCUT2D eigenvalue weighted by molar-refractivity contribution is 5.91. The maximum atomic E-state index is 10.1. The van der Waals surface area contributed by atoms with Crippen molar-refractivity contribution in [3.8, 4) is 34.0 Å². The number of anilines is 2. The molecule has 0 unspecified atom stereocenters. The van der Waals surface area contributed by atoms with Crippen LogP contribution in [0.15, 0.2) is 84.6 Å². The molecule has 176 valence electrons. The summed E-state index contributed by atoms with van der Waals surface area (Å²) in [7, 11) is 0. The van der Waals surface area contributed by atoms with Gasteiger partial charge in [0.05, 0.1) is 23.8 Å². The highest BCUT2D eigenvalue weighted by atomic mass is 16.3. The van der Waals surface area contributed by atoms with E-state index in [9.17, 15) is 10.2 Å². The Hall–Kier alpha value is -5.45. The van der Waals surface area contributed by atoms with Crippen LogP contribution in [0.4, 0.5) is 17.7 Å². The molecule has 0 atom stereocenters. The zero-order chi connectivity index (χ0) is 24.5. The number of H-pyrrole nitrogens is 3. The molecule has 11 heteroatoms. The Bertz CT molecular complexity index is 1770. The molecule has 0 radical (unpaired) electrons. The third kappa shape index (κ3) is 3.90. The maximum Gasteiger partial charge on any atom is 0.229 e. The molecule has 0 aliphatic heterocycles. The molecule has 0 aliphatic carbocycles. The molecule has 0 aliphatic rings. The van der Waals surface area contributed by atoms with Gasteiger partial charge < -0.3 is 30.5 Å². The van der Waals surface area contributed by atoms with E-state index in [1.54, 1.807) is 61.2 Å². The van der Waals surface area contributed by atoms with Crippen molar-refractivity contribution in [2.24, 2.45) is 4.99 Å². The summed E-state index contributed by atoms with van der Waals surface area (Å²) < 4.78 is 0. The minimum absolute atomic E-state index is 0.147. The highest BCUT2D eigenvalue weighted by Crippen LogP contribution is 2.29. The second kappa shape index (κ2) is 8.72. The fourth-order valence-corrected chi connectivity index (χ4v) is 3.86. The standard InChI is InChI=1S/C25H19N9O2/c35-20-7-3-1-5-14(20)18-11-27-24(31-18)33-22-16-9-26-10-17(16)23(30-13-29-22)34-25-28-12-19(32-25)15-6-2-4-8-21(15)36/h1-13,26,35-36H,(H3,27,28,29,30,31,32,33,34). The topological polar surface area (TPSA) is 164 Å². The lowest BCUT2D eigenvalue weighted by Crippen LogP contribution is -2.03. The quantitative estimate of drug-likeness (QED) is 0.217. The van der Waals surface area contributed by atoms with Crippen molar-refractivity contribution >= 4 is 28.5 Å². The summed E-state index contributed by atoms with van der Waals surface area (Å²) in [6.45, 7) is 0. The predicted molar refractivity (Wildman–Crippen MR) is 134 cm³/mol. The number of aromatic nitrogens is 7. The van der Waals surface area contributed by atoms with E-state index in [-0.39, 0.29) is 11.5 Å². The van der Waals surface area contributed by atoms with E-state index in [2.05, 4.69) is 45.2 Å². The molecule has 0 bridgehead atoms. The number of phenols is 2. The van der Waals surface area contributed by atoms with Crippen LogP contribution < -0.4 is 10.8 Å². The second-order valence-corrected chi connectivity index (χ2v) is 7.87. The number of hydrogen-bond acceptors (Lipinski definition) is 8. The third-order valence-electron chi connectivity index (χ3n) is 5.58.